The first-order valence-electron chi connectivity index (χ1n) is 19.0. The maximum atomic E-state index is 6.57. The molecule has 0 unspecified atom stereocenters. The molecule has 3 nitrogen and oxygen atoms in total. The van der Waals surface area contributed by atoms with Crippen molar-refractivity contribution in [1.82, 2.24) is 9.97 Å². The van der Waals surface area contributed by atoms with Crippen molar-refractivity contribution in [2.24, 2.45) is 0 Å². The maximum Gasteiger partial charge on any atom is 0.160 e. The lowest BCUT2D eigenvalue weighted by molar-refractivity contribution is 0.434. The summed E-state index contributed by atoms with van der Waals surface area (Å²) < 4.78 is 6.57. The van der Waals surface area contributed by atoms with Crippen LogP contribution < -0.4 is 4.74 Å². The molecule has 0 N–H and O–H groups in total. The third-order valence-corrected chi connectivity index (χ3v) is 10.9. The third kappa shape index (κ3) is 5.78. The Kier molecular flexibility index (Phi) is 8.38. The zero-order valence-corrected chi connectivity index (χ0v) is 30.6. The van der Waals surface area contributed by atoms with Crippen LogP contribution in [0.4, 0.5) is 0 Å². The zero-order chi connectivity index (χ0) is 37.3. The summed E-state index contributed by atoms with van der Waals surface area (Å²) in [6.07, 6.45) is 0. The average molecular weight is 717 g/mol. The summed E-state index contributed by atoms with van der Waals surface area (Å²) in [6.45, 7) is 0. The van der Waals surface area contributed by atoms with E-state index in [0.717, 1.165) is 67.4 Å². The summed E-state index contributed by atoms with van der Waals surface area (Å²) in [7, 11) is 0. The van der Waals surface area contributed by atoms with E-state index in [9.17, 15) is 0 Å². The molecule has 8 aromatic carbocycles. The number of para-hydroxylation sites is 2. The second-order valence-corrected chi connectivity index (χ2v) is 14.1. The summed E-state index contributed by atoms with van der Waals surface area (Å²) in [6, 6.07) is 76.8. The molecule has 264 valence electrons. The van der Waals surface area contributed by atoms with Crippen LogP contribution in [-0.2, 0) is 5.41 Å². The van der Waals surface area contributed by atoms with Gasteiger partial charge in [-0.05, 0) is 51.6 Å². The van der Waals surface area contributed by atoms with Crippen LogP contribution >= 0.6 is 0 Å². The van der Waals surface area contributed by atoms with E-state index in [-0.39, 0.29) is 0 Å². The summed E-state index contributed by atoms with van der Waals surface area (Å²) in [5, 5.41) is 0. The van der Waals surface area contributed by atoms with Gasteiger partial charge >= 0.3 is 0 Å². The molecule has 1 aromatic heterocycles. The van der Waals surface area contributed by atoms with Gasteiger partial charge in [-0.3, -0.25) is 0 Å². The second-order valence-electron chi connectivity index (χ2n) is 14.1. The largest absolute Gasteiger partial charge is 0.457 e. The van der Waals surface area contributed by atoms with E-state index in [4.69, 9.17) is 14.7 Å². The SMILES string of the molecule is c1ccc(-c2cc(-c3ccc(-c4ccc(-c5ccccc5C5(c6ccccc6)c6ccccc6Oc6ccccc65)cc4)cc3)nc(-c3ccccc3)n2)cc1. The molecule has 0 bridgehead atoms. The van der Waals surface area contributed by atoms with Gasteiger partial charge in [0.2, 0.25) is 0 Å². The van der Waals surface area contributed by atoms with Gasteiger partial charge in [0, 0.05) is 27.8 Å². The highest BCUT2D eigenvalue weighted by Gasteiger charge is 2.46. The van der Waals surface area contributed by atoms with Crippen LogP contribution in [0.15, 0.2) is 218 Å². The van der Waals surface area contributed by atoms with Crippen LogP contribution in [0.1, 0.15) is 22.3 Å². The molecular weight excluding hydrogens is 681 g/mol. The number of nitrogens with zero attached hydrogens (tertiary/aromatic N) is 2. The van der Waals surface area contributed by atoms with E-state index in [2.05, 4.69) is 182 Å². The molecule has 0 fully saturated rings. The van der Waals surface area contributed by atoms with Crippen molar-refractivity contribution < 1.29 is 4.74 Å². The summed E-state index contributed by atoms with van der Waals surface area (Å²) in [4.78, 5) is 9.99. The quantitative estimate of drug-likeness (QED) is 0.165. The van der Waals surface area contributed by atoms with E-state index in [1.165, 1.54) is 16.7 Å². The van der Waals surface area contributed by atoms with Crippen LogP contribution in [0.25, 0.3) is 56.2 Å². The minimum absolute atomic E-state index is 0.598. The van der Waals surface area contributed by atoms with Crippen LogP contribution in [-0.4, -0.2) is 9.97 Å². The van der Waals surface area contributed by atoms with Crippen LogP contribution in [0.3, 0.4) is 0 Å². The number of fused-ring (bicyclic) bond motifs is 2. The lowest BCUT2D eigenvalue weighted by Crippen LogP contribution is -2.34. The Balaban J connectivity index is 1.04. The fourth-order valence-corrected chi connectivity index (χ4v) is 8.25. The monoisotopic (exact) mass is 716 g/mol. The minimum Gasteiger partial charge on any atom is -0.457 e. The topological polar surface area (TPSA) is 35.0 Å². The molecule has 0 saturated carbocycles. The molecule has 0 spiro atoms. The Morgan fingerprint density at radius 3 is 1.30 bits per heavy atom. The van der Waals surface area contributed by atoms with Gasteiger partial charge in [-0.25, -0.2) is 9.97 Å². The van der Waals surface area contributed by atoms with E-state index in [1.54, 1.807) is 0 Å². The number of benzene rings is 8. The zero-order valence-electron chi connectivity index (χ0n) is 30.6. The first kappa shape index (κ1) is 33.2. The van der Waals surface area contributed by atoms with E-state index in [0.29, 0.717) is 5.82 Å². The molecular formula is C53H36N2O. The van der Waals surface area contributed by atoms with Crippen LogP contribution in [0.2, 0.25) is 0 Å². The Morgan fingerprint density at radius 1 is 0.321 bits per heavy atom. The molecule has 1 aliphatic rings. The van der Waals surface area contributed by atoms with Crippen molar-refractivity contribution in [3.8, 4) is 67.7 Å². The third-order valence-electron chi connectivity index (χ3n) is 10.9. The first-order chi connectivity index (χ1) is 27.8. The van der Waals surface area contributed by atoms with Crippen molar-refractivity contribution in [2.75, 3.05) is 0 Å². The fraction of sp³-hybridized carbons (Fsp3) is 0.0189. The fourth-order valence-electron chi connectivity index (χ4n) is 8.25. The molecule has 10 rings (SSSR count). The van der Waals surface area contributed by atoms with Crippen LogP contribution in [0, 0.1) is 0 Å². The highest BCUT2D eigenvalue weighted by molar-refractivity contribution is 5.80. The molecule has 2 heterocycles. The van der Waals surface area contributed by atoms with Crippen molar-refractivity contribution in [1.29, 1.82) is 0 Å². The molecule has 56 heavy (non-hydrogen) atoms. The highest BCUT2D eigenvalue weighted by Crippen LogP contribution is 2.56. The van der Waals surface area contributed by atoms with E-state index < -0.39 is 5.41 Å². The van der Waals surface area contributed by atoms with Crippen molar-refractivity contribution in [3.63, 3.8) is 0 Å². The van der Waals surface area contributed by atoms with Gasteiger partial charge in [0.1, 0.15) is 11.5 Å². The van der Waals surface area contributed by atoms with Gasteiger partial charge in [0.25, 0.3) is 0 Å². The molecule has 9 aromatic rings. The first-order valence-corrected chi connectivity index (χ1v) is 19.0. The predicted molar refractivity (Wildman–Crippen MR) is 228 cm³/mol. The van der Waals surface area contributed by atoms with Gasteiger partial charge in [-0.1, -0.05) is 200 Å². The van der Waals surface area contributed by atoms with Crippen molar-refractivity contribution in [3.05, 3.63) is 241 Å². The smallest absolute Gasteiger partial charge is 0.160 e. The number of ether oxygens (including phenoxy) is 1. The summed E-state index contributed by atoms with van der Waals surface area (Å²) in [5.41, 5.74) is 13.6. The Hall–Kier alpha value is -7.36. The van der Waals surface area contributed by atoms with Gasteiger partial charge in [-0.2, -0.15) is 0 Å². The molecule has 3 heteroatoms. The number of hydrogen-bond donors (Lipinski definition) is 0. The molecule has 0 atom stereocenters. The lowest BCUT2D eigenvalue weighted by atomic mass is 9.62. The normalized spacial score (nSPS) is 12.6. The maximum absolute atomic E-state index is 6.57. The van der Waals surface area contributed by atoms with Crippen LogP contribution in [0.5, 0.6) is 11.5 Å². The number of rotatable bonds is 7. The van der Waals surface area contributed by atoms with Gasteiger partial charge in [-0.15, -0.1) is 0 Å². The lowest BCUT2D eigenvalue weighted by Gasteiger charge is -2.42. The molecule has 0 amide bonds. The van der Waals surface area contributed by atoms with E-state index in [1.807, 2.05) is 36.4 Å². The van der Waals surface area contributed by atoms with Gasteiger partial charge < -0.3 is 4.74 Å². The summed E-state index contributed by atoms with van der Waals surface area (Å²) in [5.74, 6) is 2.46. The van der Waals surface area contributed by atoms with Gasteiger partial charge in [0.05, 0.1) is 16.8 Å². The average Bonchev–Trinajstić information content (AvgIpc) is 3.29. The predicted octanol–water partition coefficient (Wildman–Crippen LogP) is 13.3. The molecule has 0 radical (unpaired) electrons. The van der Waals surface area contributed by atoms with Gasteiger partial charge in [0.15, 0.2) is 5.82 Å². The molecule has 0 saturated heterocycles. The number of hydrogen-bond acceptors (Lipinski definition) is 3. The van der Waals surface area contributed by atoms with E-state index >= 15 is 0 Å². The summed E-state index contributed by atoms with van der Waals surface area (Å²) >= 11 is 0. The molecule has 1 aliphatic heterocycles. The number of aromatic nitrogens is 2. The van der Waals surface area contributed by atoms with Crippen molar-refractivity contribution >= 4 is 0 Å². The highest BCUT2D eigenvalue weighted by atomic mass is 16.5. The van der Waals surface area contributed by atoms with Crippen molar-refractivity contribution in [2.45, 2.75) is 5.41 Å². The Bertz CT molecular complexity index is 2690. The minimum atomic E-state index is -0.598. The second kappa shape index (κ2) is 14.1. The Morgan fingerprint density at radius 2 is 0.732 bits per heavy atom. The Labute approximate surface area is 327 Å². The standard InChI is InChI=1S/C53H36N2O/c1-4-16-40(17-5-1)48-36-49(55-52(54-48)42-18-6-2-7-19-42)41-34-30-38(31-35-41)37-28-32-39(33-29-37)44-22-10-11-23-45(44)53(43-20-8-3-9-21-43)46-24-12-14-26-50(46)56-51-27-15-13-25-47(51)53/h1-36H. The molecule has 0 aliphatic carbocycles.